The molecule has 156 valence electrons. The second-order valence-corrected chi connectivity index (χ2v) is 8.36. The van der Waals surface area contributed by atoms with Crippen molar-refractivity contribution in [3.05, 3.63) is 35.9 Å². The smallest absolute Gasteiger partial charge is 0.223 e. The van der Waals surface area contributed by atoms with Crippen LogP contribution in [0.1, 0.15) is 38.2 Å². The van der Waals surface area contributed by atoms with Crippen LogP contribution in [0.2, 0.25) is 0 Å². The highest BCUT2D eigenvalue weighted by Gasteiger charge is 2.44. The summed E-state index contributed by atoms with van der Waals surface area (Å²) in [6.45, 7) is 5.87. The standard InChI is InChI=1S/C23H36N2O3/c1-3-19-14-25(23(27)12-11-18-8-5-4-6-9-18)22(16-26)21(19)15-24-13-7-10-20(24)17-28-2/h4-6,8-9,19-22,26H,3,7,10-17H2,1-2H3/t19-,20-,21-,22-/m1/s1. The van der Waals surface area contributed by atoms with Crippen LogP contribution in [0.5, 0.6) is 0 Å². The molecule has 0 aromatic heterocycles. The molecular weight excluding hydrogens is 352 g/mol. The highest BCUT2D eigenvalue weighted by Crippen LogP contribution is 2.35. The van der Waals surface area contributed by atoms with Crippen molar-refractivity contribution < 1.29 is 14.6 Å². The monoisotopic (exact) mass is 388 g/mol. The number of aliphatic hydroxyl groups is 1. The Morgan fingerprint density at radius 1 is 1.29 bits per heavy atom. The molecule has 1 aromatic carbocycles. The van der Waals surface area contributed by atoms with Gasteiger partial charge in [0.1, 0.15) is 0 Å². The molecule has 0 unspecified atom stereocenters. The molecule has 1 aromatic rings. The highest BCUT2D eigenvalue weighted by atomic mass is 16.5. The lowest BCUT2D eigenvalue weighted by atomic mass is 9.88. The lowest BCUT2D eigenvalue weighted by Crippen LogP contribution is -2.45. The summed E-state index contributed by atoms with van der Waals surface area (Å²) in [5.41, 5.74) is 1.19. The van der Waals surface area contributed by atoms with E-state index in [0.717, 1.165) is 39.1 Å². The number of aliphatic hydroxyl groups excluding tert-OH is 1. The van der Waals surface area contributed by atoms with Crippen LogP contribution in [0.15, 0.2) is 30.3 Å². The normalized spacial score (nSPS) is 28.2. The van der Waals surface area contributed by atoms with Gasteiger partial charge in [-0.3, -0.25) is 9.69 Å². The third-order valence-corrected chi connectivity index (χ3v) is 6.74. The summed E-state index contributed by atoms with van der Waals surface area (Å²) in [6.07, 6.45) is 4.71. The number of ether oxygens (including phenoxy) is 1. The Morgan fingerprint density at radius 3 is 2.75 bits per heavy atom. The van der Waals surface area contributed by atoms with E-state index in [0.29, 0.717) is 24.3 Å². The van der Waals surface area contributed by atoms with Gasteiger partial charge in [0, 0.05) is 32.7 Å². The van der Waals surface area contributed by atoms with Crippen molar-refractivity contribution in [2.45, 2.75) is 51.1 Å². The van der Waals surface area contributed by atoms with Gasteiger partial charge < -0.3 is 14.7 Å². The number of nitrogens with zero attached hydrogens (tertiary/aromatic N) is 2. The molecule has 2 aliphatic rings. The molecule has 0 aliphatic carbocycles. The third kappa shape index (κ3) is 4.94. The Hall–Kier alpha value is -1.43. The topological polar surface area (TPSA) is 53.0 Å². The summed E-state index contributed by atoms with van der Waals surface area (Å²) in [7, 11) is 1.77. The lowest BCUT2D eigenvalue weighted by molar-refractivity contribution is -0.133. The van der Waals surface area contributed by atoms with Crippen molar-refractivity contribution in [1.82, 2.24) is 9.80 Å². The molecule has 0 radical (unpaired) electrons. The second kappa shape index (κ2) is 10.4. The predicted octanol–water partition coefficient (Wildman–Crippen LogP) is 2.58. The summed E-state index contributed by atoms with van der Waals surface area (Å²) in [5.74, 6) is 0.980. The van der Waals surface area contributed by atoms with Crippen molar-refractivity contribution in [3.63, 3.8) is 0 Å². The maximum Gasteiger partial charge on any atom is 0.223 e. The van der Waals surface area contributed by atoms with E-state index in [4.69, 9.17) is 4.74 Å². The van der Waals surface area contributed by atoms with Crippen molar-refractivity contribution in [2.24, 2.45) is 11.8 Å². The van der Waals surface area contributed by atoms with Gasteiger partial charge in [-0.05, 0) is 43.2 Å². The van der Waals surface area contributed by atoms with Crippen molar-refractivity contribution in [3.8, 4) is 0 Å². The number of benzene rings is 1. The van der Waals surface area contributed by atoms with Gasteiger partial charge >= 0.3 is 0 Å². The predicted molar refractivity (Wildman–Crippen MR) is 111 cm³/mol. The van der Waals surface area contributed by atoms with Crippen molar-refractivity contribution in [2.75, 3.05) is 40.0 Å². The molecule has 2 saturated heterocycles. The molecule has 2 heterocycles. The van der Waals surface area contributed by atoms with Gasteiger partial charge in [-0.1, -0.05) is 43.7 Å². The average molecular weight is 389 g/mol. The van der Waals surface area contributed by atoms with Crippen LogP contribution < -0.4 is 0 Å². The second-order valence-electron chi connectivity index (χ2n) is 8.36. The zero-order valence-corrected chi connectivity index (χ0v) is 17.4. The van der Waals surface area contributed by atoms with Crippen LogP contribution in [0.25, 0.3) is 0 Å². The molecule has 0 bridgehead atoms. The van der Waals surface area contributed by atoms with Crippen LogP contribution in [0, 0.1) is 11.8 Å². The van der Waals surface area contributed by atoms with E-state index < -0.39 is 0 Å². The van der Waals surface area contributed by atoms with E-state index in [1.807, 2.05) is 23.1 Å². The molecule has 1 amide bonds. The largest absolute Gasteiger partial charge is 0.394 e. The molecule has 2 aliphatic heterocycles. The van der Waals surface area contributed by atoms with E-state index >= 15 is 0 Å². The van der Waals surface area contributed by atoms with Gasteiger partial charge in [0.05, 0.1) is 19.3 Å². The van der Waals surface area contributed by atoms with Crippen molar-refractivity contribution >= 4 is 5.91 Å². The number of carbonyl (C=O) groups is 1. The first-order valence-electron chi connectivity index (χ1n) is 10.8. The maximum absolute atomic E-state index is 13.0. The Labute approximate surface area is 169 Å². The Morgan fingerprint density at radius 2 is 2.07 bits per heavy atom. The zero-order chi connectivity index (χ0) is 19.9. The highest BCUT2D eigenvalue weighted by molar-refractivity contribution is 5.77. The van der Waals surface area contributed by atoms with E-state index in [-0.39, 0.29) is 18.6 Å². The van der Waals surface area contributed by atoms with Gasteiger partial charge in [0.25, 0.3) is 0 Å². The zero-order valence-electron chi connectivity index (χ0n) is 17.4. The number of rotatable bonds is 9. The van der Waals surface area contributed by atoms with Gasteiger partial charge in [-0.2, -0.15) is 0 Å². The molecule has 5 heteroatoms. The molecule has 0 saturated carbocycles. The molecule has 3 rings (SSSR count). The molecule has 0 spiro atoms. The summed E-state index contributed by atoms with van der Waals surface area (Å²) in [5, 5.41) is 10.2. The lowest BCUT2D eigenvalue weighted by Gasteiger charge is -2.32. The summed E-state index contributed by atoms with van der Waals surface area (Å²) >= 11 is 0. The number of methoxy groups -OCH3 is 1. The Kier molecular flexibility index (Phi) is 7.89. The molecule has 1 N–H and O–H groups in total. The molecule has 28 heavy (non-hydrogen) atoms. The van der Waals surface area contributed by atoms with E-state index in [9.17, 15) is 9.90 Å². The summed E-state index contributed by atoms with van der Waals surface area (Å²) in [6, 6.07) is 10.6. The number of hydrogen-bond donors (Lipinski definition) is 1. The Balaban J connectivity index is 1.63. The van der Waals surface area contributed by atoms with E-state index in [1.54, 1.807) is 7.11 Å². The molecule has 4 atom stereocenters. The first-order chi connectivity index (χ1) is 13.7. The fraction of sp³-hybridized carbons (Fsp3) is 0.696. The van der Waals surface area contributed by atoms with Gasteiger partial charge in [0.2, 0.25) is 5.91 Å². The molecular formula is C23H36N2O3. The van der Waals surface area contributed by atoms with Crippen molar-refractivity contribution in [1.29, 1.82) is 0 Å². The Bertz CT molecular complexity index is 609. The molecule has 2 fully saturated rings. The van der Waals surface area contributed by atoms with Crippen LogP contribution in [0.4, 0.5) is 0 Å². The van der Waals surface area contributed by atoms with Gasteiger partial charge in [-0.25, -0.2) is 0 Å². The number of carbonyl (C=O) groups excluding carboxylic acids is 1. The number of hydrogen-bond acceptors (Lipinski definition) is 4. The first-order valence-corrected chi connectivity index (χ1v) is 10.8. The van der Waals surface area contributed by atoms with E-state index in [2.05, 4.69) is 24.0 Å². The third-order valence-electron chi connectivity index (χ3n) is 6.74. The quantitative estimate of drug-likeness (QED) is 0.706. The van der Waals surface area contributed by atoms with E-state index in [1.165, 1.54) is 18.4 Å². The fourth-order valence-electron chi connectivity index (χ4n) is 5.12. The van der Waals surface area contributed by atoms with Gasteiger partial charge in [0.15, 0.2) is 0 Å². The molecule has 5 nitrogen and oxygen atoms in total. The fourth-order valence-corrected chi connectivity index (χ4v) is 5.12. The van der Waals surface area contributed by atoms with Crippen LogP contribution >= 0.6 is 0 Å². The SMILES string of the molecule is CC[C@@H]1CN(C(=O)CCc2ccccc2)[C@H](CO)[C@@H]1CN1CCC[C@@H]1COC. The summed E-state index contributed by atoms with van der Waals surface area (Å²) < 4.78 is 5.40. The van der Waals surface area contributed by atoms with Gasteiger partial charge in [-0.15, -0.1) is 0 Å². The minimum Gasteiger partial charge on any atom is -0.394 e. The summed E-state index contributed by atoms with van der Waals surface area (Å²) in [4.78, 5) is 17.5. The first kappa shape index (κ1) is 21.3. The minimum atomic E-state index is -0.0583. The minimum absolute atomic E-state index is 0.0566. The van der Waals surface area contributed by atoms with Crippen LogP contribution in [-0.2, 0) is 16.0 Å². The van der Waals surface area contributed by atoms with Crippen LogP contribution in [0.3, 0.4) is 0 Å². The average Bonchev–Trinajstić information content (AvgIpc) is 3.31. The number of likely N-dealkylation sites (tertiary alicyclic amines) is 2. The number of aryl methyl sites for hydroxylation is 1. The maximum atomic E-state index is 13.0. The number of amides is 1. The van der Waals surface area contributed by atoms with Crippen LogP contribution in [-0.4, -0.2) is 72.9 Å².